The molecular formula is C4H7O5-. The summed E-state index contributed by atoms with van der Waals surface area (Å²) < 4.78 is 0. The Bertz CT molecular complexity index is 93.5. The van der Waals surface area contributed by atoms with Gasteiger partial charge in [0.25, 0.3) is 0 Å². The van der Waals surface area contributed by atoms with Crippen molar-refractivity contribution in [3.05, 3.63) is 0 Å². The second-order valence-electron chi connectivity index (χ2n) is 1.27. The van der Waals surface area contributed by atoms with E-state index < -0.39 is 18.4 Å². The average Bonchev–Trinajstić information content (AvgIpc) is 1.61. The van der Waals surface area contributed by atoms with Crippen LogP contribution in [0, 0.1) is 0 Å². The number of aliphatic carboxylic acids is 2. The van der Waals surface area contributed by atoms with Crippen LogP contribution in [0.1, 0.15) is 12.8 Å². The molecule has 54 valence electrons. The first-order chi connectivity index (χ1) is 3.63. The van der Waals surface area contributed by atoms with E-state index in [4.69, 9.17) is 5.11 Å². The van der Waals surface area contributed by atoms with Gasteiger partial charge in [0.2, 0.25) is 0 Å². The maximum Gasteiger partial charge on any atom is 0.303 e. The molecule has 0 fully saturated rings. The summed E-state index contributed by atoms with van der Waals surface area (Å²) in [7, 11) is 0. The minimum Gasteiger partial charge on any atom is -0.550 e. The quantitative estimate of drug-likeness (QED) is 0.472. The van der Waals surface area contributed by atoms with Crippen LogP contribution in [0.2, 0.25) is 0 Å². The predicted octanol–water partition coefficient (Wildman–Crippen LogP) is -2.22. The molecule has 0 amide bonds. The maximum atomic E-state index is 9.61. The molecule has 0 aliphatic rings. The van der Waals surface area contributed by atoms with Gasteiger partial charge >= 0.3 is 5.97 Å². The first-order valence-corrected chi connectivity index (χ1v) is 2.04. The summed E-state index contributed by atoms with van der Waals surface area (Å²) in [6, 6.07) is 0. The number of carbonyl (C=O) groups is 2. The van der Waals surface area contributed by atoms with E-state index in [1.54, 1.807) is 0 Å². The van der Waals surface area contributed by atoms with E-state index in [1.165, 1.54) is 0 Å². The zero-order valence-corrected chi connectivity index (χ0v) is 4.59. The molecule has 0 spiro atoms. The Morgan fingerprint density at radius 1 is 1.33 bits per heavy atom. The van der Waals surface area contributed by atoms with Crippen LogP contribution in [0.25, 0.3) is 0 Å². The third-order valence-corrected chi connectivity index (χ3v) is 0.543. The Labute approximate surface area is 51.2 Å². The number of hydrogen-bond acceptors (Lipinski definition) is 3. The molecule has 5 heteroatoms. The van der Waals surface area contributed by atoms with Crippen LogP contribution in [0.5, 0.6) is 0 Å². The van der Waals surface area contributed by atoms with Gasteiger partial charge in [-0.15, -0.1) is 0 Å². The highest BCUT2D eigenvalue weighted by Gasteiger charge is 1.93. The minimum atomic E-state index is -1.33. The highest BCUT2D eigenvalue weighted by atomic mass is 16.4. The van der Waals surface area contributed by atoms with E-state index in [0.29, 0.717) is 0 Å². The highest BCUT2D eigenvalue weighted by Crippen LogP contribution is 1.83. The molecule has 0 aliphatic carbocycles. The lowest BCUT2D eigenvalue weighted by atomic mass is 10.3. The van der Waals surface area contributed by atoms with Crippen LogP contribution in [0.3, 0.4) is 0 Å². The molecule has 0 bridgehead atoms. The molecule has 0 radical (unpaired) electrons. The average molecular weight is 135 g/mol. The molecular weight excluding hydrogens is 128 g/mol. The fourth-order valence-corrected chi connectivity index (χ4v) is 0.209. The van der Waals surface area contributed by atoms with Gasteiger partial charge in [-0.2, -0.15) is 0 Å². The Morgan fingerprint density at radius 2 is 1.78 bits per heavy atom. The zero-order chi connectivity index (χ0) is 6.57. The standard InChI is InChI=1S/C4H6O4.H2O/c5-3(6)1-2-4(7)8;/h1-2H2,(H,5,6)(H,7,8);1H2/p-1. The Morgan fingerprint density at radius 3 is 1.89 bits per heavy atom. The number of carbonyl (C=O) groups excluding carboxylic acids is 1. The molecule has 0 aromatic rings. The van der Waals surface area contributed by atoms with Gasteiger partial charge in [0.05, 0.1) is 6.42 Å². The molecule has 0 saturated carbocycles. The summed E-state index contributed by atoms with van der Waals surface area (Å²) in [5.74, 6) is -2.44. The molecule has 0 aromatic carbocycles. The fourth-order valence-electron chi connectivity index (χ4n) is 0.209. The van der Waals surface area contributed by atoms with Crippen molar-refractivity contribution >= 4 is 11.9 Å². The normalized spacial score (nSPS) is 7.56. The van der Waals surface area contributed by atoms with E-state index in [1.807, 2.05) is 0 Å². The second kappa shape index (κ2) is 5.04. The summed E-state index contributed by atoms with van der Waals surface area (Å²) in [6.45, 7) is 0. The molecule has 3 N–H and O–H groups in total. The van der Waals surface area contributed by atoms with Gasteiger partial charge in [-0.05, 0) is 6.42 Å². The highest BCUT2D eigenvalue weighted by molar-refractivity contribution is 5.74. The second-order valence-corrected chi connectivity index (χ2v) is 1.27. The van der Waals surface area contributed by atoms with Gasteiger partial charge in [0, 0.05) is 5.97 Å². The number of rotatable bonds is 3. The SMILES string of the molecule is O.O=C([O-])CCC(=O)O. The predicted molar refractivity (Wildman–Crippen MR) is 25.5 cm³/mol. The monoisotopic (exact) mass is 135 g/mol. The summed E-state index contributed by atoms with van der Waals surface area (Å²) in [4.78, 5) is 19.1. The molecule has 5 nitrogen and oxygen atoms in total. The molecule has 0 aromatic heterocycles. The lowest BCUT2D eigenvalue weighted by Gasteiger charge is -1.94. The van der Waals surface area contributed by atoms with Crippen LogP contribution in [-0.2, 0) is 9.59 Å². The van der Waals surface area contributed by atoms with Gasteiger partial charge in [-0.25, -0.2) is 0 Å². The third-order valence-electron chi connectivity index (χ3n) is 0.543. The van der Waals surface area contributed by atoms with E-state index in [2.05, 4.69) is 0 Å². The summed E-state index contributed by atoms with van der Waals surface area (Å²) in [6.07, 6.45) is -0.766. The van der Waals surface area contributed by atoms with E-state index in [-0.39, 0.29) is 11.9 Å². The molecule has 0 rings (SSSR count). The van der Waals surface area contributed by atoms with Crippen molar-refractivity contribution in [3.63, 3.8) is 0 Å². The number of carboxylic acids is 2. The van der Waals surface area contributed by atoms with Crippen molar-refractivity contribution in [3.8, 4) is 0 Å². The van der Waals surface area contributed by atoms with Crippen LogP contribution < -0.4 is 5.11 Å². The van der Waals surface area contributed by atoms with E-state index in [0.717, 1.165) is 0 Å². The van der Waals surface area contributed by atoms with Crippen LogP contribution in [0.15, 0.2) is 0 Å². The molecule has 0 unspecified atom stereocenters. The Hall–Kier alpha value is -1.10. The van der Waals surface area contributed by atoms with Gasteiger partial charge in [-0.3, -0.25) is 4.79 Å². The van der Waals surface area contributed by atoms with Gasteiger partial charge in [-0.1, -0.05) is 0 Å². The summed E-state index contributed by atoms with van der Waals surface area (Å²) in [5, 5.41) is 17.4. The molecule has 0 atom stereocenters. The first kappa shape index (κ1) is 10.8. The largest absolute Gasteiger partial charge is 0.550 e. The summed E-state index contributed by atoms with van der Waals surface area (Å²) in [5.41, 5.74) is 0. The molecule has 0 heterocycles. The molecule has 9 heavy (non-hydrogen) atoms. The minimum absolute atomic E-state index is 0. The molecule has 0 aliphatic heterocycles. The Kier molecular flexibility index (Phi) is 6.06. The van der Waals surface area contributed by atoms with Crippen LogP contribution in [0.4, 0.5) is 0 Å². The first-order valence-electron chi connectivity index (χ1n) is 2.04. The van der Waals surface area contributed by atoms with E-state index in [9.17, 15) is 14.7 Å². The summed E-state index contributed by atoms with van der Waals surface area (Å²) >= 11 is 0. The molecule has 0 saturated heterocycles. The lowest BCUT2D eigenvalue weighted by Crippen LogP contribution is -2.22. The van der Waals surface area contributed by atoms with Crippen molar-refractivity contribution in [1.29, 1.82) is 0 Å². The Balaban J connectivity index is 0. The third kappa shape index (κ3) is 10.9. The maximum absolute atomic E-state index is 9.61. The van der Waals surface area contributed by atoms with Gasteiger partial charge in [0.1, 0.15) is 0 Å². The lowest BCUT2D eigenvalue weighted by molar-refractivity contribution is -0.305. The van der Waals surface area contributed by atoms with Crippen LogP contribution in [-0.4, -0.2) is 22.5 Å². The van der Waals surface area contributed by atoms with Crippen LogP contribution >= 0.6 is 0 Å². The van der Waals surface area contributed by atoms with Gasteiger partial charge < -0.3 is 20.5 Å². The topological polar surface area (TPSA) is 109 Å². The van der Waals surface area contributed by atoms with Crippen molar-refractivity contribution in [2.75, 3.05) is 0 Å². The van der Waals surface area contributed by atoms with Crippen molar-refractivity contribution in [2.45, 2.75) is 12.8 Å². The van der Waals surface area contributed by atoms with Crippen molar-refractivity contribution in [2.24, 2.45) is 0 Å². The van der Waals surface area contributed by atoms with E-state index >= 15 is 0 Å². The zero-order valence-electron chi connectivity index (χ0n) is 4.59. The number of hydrogen-bond donors (Lipinski definition) is 1. The van der Waals surface area contributed by atoms with Crippen molar-refractivity contribution in [1.82, 2.24) is 0 Å². The smallest absolute Gasteiger partial charge is 0.303 e. The number of carboxylic acid groups (broad SMARTS) is 2. The van der Waals surface area contributed by atoms with Crippen molar-refractivity contribution < 1.29 is 25.3 Å². The van der Waals surface area contributed by atoms with Gasteiger partial charge in [0.15, 0.2) is 0 Å². The fraction of sp³-hybridized carbons (Fsp3) is 0.500.